The van der Waals surface area contributed by atoms with Crippen molar-refractivity contribution in [3.63, 3.8) is 0 Å². The first-order valence-electron chi connectivity index (χ1n) is 5.96. The number of benzene rings is 1. The van der Waals surface area contributed by atoms with Crippen molar-refractivity contribution in [1.29, 1.82) is 0 Å². The second kappa shape index (κ2) is 4.85. The zero-order valence-corrected chi connectivity index (χ0v) is 11.0. The number of hydrogen-bond donors (Lipinski definition) is 1. The van der Waals surface area contributed by atoms with Crippen molar-refractivity contribution in [2.24, 2.45) is 10.7 Å². The molecule has 2 aromatic rings. The molecule has 0 radical (unpaired) electrons. The minimum atomic E-state index is -0.266. The molecule has 19 heavy (non-hydrogen) atoms. The normalized spacial score (nSPS) is 18.7. The van der Waals surface area contributed by atoms with E-state index in [0.717, 1.165) is 11.1 Å². The molecule has 2 amide bonds. The fourth-order valence-corrected chi connectivity index (χ4v) is 2.91. The van der Waals surface area contributed by atoms with Crippen LogP contribution in [0.15, 0.2) is 52.2 Å². The maximum atomic E-state index is 12.0. The van der Waals surface area contributed by atoms with E-state index in [2.05, 4.69) is 4.99 Å². The van der Waals surface area contributed by atoms with E-state index in [0.29, 0.717) is 12.4 Å². The molecule has 0 aliphatic carbocycles. The van der Waals surface area contributed by atoms with Gasteiger partial charge in [-0.15, -0.1) is 0 Å². The van der Waals surface area contributed by atoms with Crippen molar-refractivity contribution in [3.05, 3.63) is 58.3 Å². The van der Waals surface area contributed by atoms with Gasteiger partial charge < -0.3 is 10.6 Å². The lowest BCUT2D eigenvalue weighted by Gasteiger charge is -2.23. The van der Waals surface area contributed by atoms with Gasteiger partial charge >= 0.3 is 6.03 Å². The van der Waals surface area contributed by atoms with Gasteiger partial charge in [-0.25, -0.2) is 4.79 Å². The van der Waals surface area contributed by atoms with Crippen LogP contribution in [-0.4, -0.2) is 16.8 Å². The summed E-state index contributed by atoms with van der Waals surface area (Å²) in [6.07, 6.45) is 0. The largest absolute Gasteiger partial charge is 0.385 e. The molecule has 2 heterocycles. The van der Waals surface area contributed by atoms with Gasteiger partial charge in [-0.05, 0) is 28.0 Å². The third-order valence-electron chi connectivity index (χ3n) is 3.12. The van der Waals surface area contributed by atoms with Crippen molar-refractivity contribution >= 4 is 23.2 Å². The summed E-state index contributed by atoms with van der Waals surface area (Å²) in [5.74, 6) is 0.374. The molecule has 4 nitrogen and oxygen atoms in total. The minimum Gasteiger partial charge on any atom is -0.385 e. The zero-order valence-electron chi connectivity index (χ0n) is 10.2. The van der Waals surface area contributed by atoms with E-state index in [1.54, 1.807) is 16.2 Å². The van der Waals surface area contributed by atoms with Crippen molar-refractivity contribution < 1.29 is 4.79 Å². The van der Waals surface area contributed by atoms with E-state index in [-0.39, 0.29) is 12.1 Å². The van der Waals surface area contributed by atoms with Crippen LogP contribution in [-0.2, 0) is 6.54 Å². The molecule has 2 N–H and O–H groups in total. The highest BCUT2D eigenvalue weighted by Gasteiger charge is 2.34. The Kier molecular flexibility index (Phi) is 3.05. The smallest absolute Gasteiger partial charge is 0.346 e. The fourth-order valence-electron chi connectivity index (χ4n) is 2.23. The maximum Gasteiger partial charge on any atom is 0.346 e. The third kappa shape index (κ3) is 2.24. The molecular weight excluding hydrogens is 258 g/mol. The Morgan fingerprint density at radius 3 is 2.74 bits per heavy atom. The van der Waals surface area contributed by atoms with Crippen LogP contribution in [0.25, 0.3) is 0 Å². The Morgan fingerprint density at radius 2 is 2.05 bits per heavy atom. The van der Waals surface area contributed by atoms with Gasteiger partial charge in [-0.3, -0.25) is 0 Å². The minimum absolute atomic E-state index is 0.237. The summed E-state index contributed by atoms with van der Waals surface area (Å²) in [6.45, 7) is 0.518. The van der Waals surface area contributed by atoms with Gasteiger partial charge in [0.1, 0.15) is 11.9 Å². The summed E-state index contributed by atoms with van der Waals surface area (Å²) < 4.78 is 0. The number of hydrogen-bond acceptors (Lipinski definition) is 3. The Morgan fingerprint density at radius 1 is 1.26 bits per heavy atom. The molecule has 3 rings (SSSR count). The van der Waals surface area contributed by atoms with Gasteiger partial charge in [0.25, 0.3) is 0 Å². The standard InChI is InChI=1S/C14H13N3OS/c15-13-12(11-6-7-19-9-11)17(14(18)16-13)8-10-4-2-1-3-5-10/h1-7,9,12H,8H2,(H2,15,16,18). The van der Waals surface area contributed by atoms with Crippen molar-refractivity contribution in [3.8, 4) is 0 Å². The average molecular weight is 271 g/mol. The monoisotopic (exact) mass is 271 g/mol. The highest BCUT2D eigenvalue weighted by atomic mass is 32.1. The molecule has 1 unspecified atom stereocenters. The van der Waals surface area contributed by atoms with Crippen molar-refractivity contribution in [2.75, 3.05) is 0 Å². The van der Waals surface area contributed by atoms with Crippen molar-refractivity contribution in [1.82, 2.24) is 4.90 Å². The zero-order chi connectivity index (χ0) is 13.2. The van der Waals surface area contributed by atoms with Crippen LogP contribution in [0.4, 0.5) is 4.79 Å². The highest BCUT2D eigenvalue weighted by Crippen LogP contribution is 2.29. The SMILES string of the molecule is NC1=NC(=O)N(Cc2ccccc2)C1c1ccsc1. The Labute approximate surface area is 115 Å². The molecule has 0 saturated carbocycles. The topological polar surface area (TPSA) is 58.7 Å². The number of amides is 2. The Hall–Kier alpha value is -2.14. The summed E-state index contributed by atoms with van der Waals surface area (Å²) in [4.78, 5) is 17.5. The lowest BCUT2D eigenvalue weighted by Crippen LogP contribution is -2.32. The molecule has 1 aromatic heterocycles. The van der Waals surface area contributed by atoms with E-state index in [4.69, 9.17) is 5.73 Å². The van der Waals surface area contributed by atoms with Crippen LogP contribution >= 0.6 is 11.3 Å². The van der Waals surface area contributed by atoms with Gasteiger partial charge in [0.15, 0.2) is 0 Å². The molecular formula is C14H13N3OS. The van der Waals surface area contributed by atoms with Crippen LogP contribution < -0.4 is 5.73 Å². The summed E-state index contributed by atoms with van der Waals surface area (Å²) in [7, 11) is 0. The predicted molar refractivity (Wildman–Crippen MR) is 76.1 cm³/mol. The van der Waals surface area contributed by atoms with Crippen LogP contribution in [0.1, 0.15) is 17.2 Å². The molecule has 0 spiro atoms. The first kappa shape index (κ1) is 11.9. The van der Waals surface area contributed by atoms with E-state index in [1.165, 1.54) is 0 Å². The molecule has 0 saturated heterocycles. The second-order valence-corrected chi connectivity index (χ2v) is 5.17. The maximum absolute atomic E-state index is 12.0. The molecule has 5 heteroatoms. The molecule has 1 atom stereocenters. The number of rotatable bonds is 3. The quantitative estimate of drug-likeness (QED) is 0.933. The first-order chi connectivity index (χ1) is 9.25. The number of carbonyl (C=O) groups is 1. The first-order valence-corrected chi connectivity index (χ1v) is 6.90. The fraction of sp³-hybridized carbons (Fsp3) is 0.143. The molecule has 1 aromatic carbocycles. The van der Waals surface area contributed by atoms with Gasteiger partial charge in [0.2, 0.25) is 0 Å². The molecule has 1 aliphatic rings. The van der Waals surface area contributed by atoms with Crippen LogP contribution in [0.3, 0.4) is 0 Å². The van der Waals surface area contributed by atoms with Gasteiger partial charge in [-0.2, -0.15) is 16.3 Å². The molecule has 1 aliphatic heterocycles. The van der Waals surface area contributed by atoms with E-state index >= 15 is 0 Å². The Balaban J connectivity index is 1.89. The number of aliphatic imine (C=N–C) groups is 1. The predicted octanol–water partition coefficient (Wildman–Crippen LogP) is 2.78. The van der Waals surface area contributed by atoms with E-state index in [9.17, 15) is 4.79 Å². The van der Waals surface area contributed by atoms with Gasteiger partial charge in [0.05, 0.1) is 0 Å². The van der Waals surface area contributed by atoms with Crippen LogP contribution in [0.2, 0.25) is 0 Å². The van der Waals surface area contributed by atoms with Crippen molar-refractivity contribution in [2.45, 2.75) is 12.6 Å². The molecule has 96 valence electrons. The van der Waals surface area contributed by atoms with Crippen LogP contribution in [0.5, 0.6) is 0 Å². The summed E-state index contributed by atoms with van der Waals surface area (Å²) in [5.41, 5.74) is 7.99. The van der Waals surface area contributed by atoms with E-state index in [1.807, 2.05) is 47.2 Å². The highest BCUT2D eigenvalue weighted by molar-refractivity contribution is 7.08. The van der Waals surface area contributed by atoms with Crippen LogP contribution in [0, 0.1) is 0 Å². The Bertz CT molecular complexity index is 607. The number of urea groups is 1. The number of nitrogens with zero attached hydrogens (tertiary/aromatic N) is 2. The molecule has 0 bridgehead atoms. The number of amidine groups is 1. The van der Waals surface area contributed by atoms with Gasteiger partial charge in [0, 0.05) is 6.54 Å². The average Bonchev–Trinajstić information content (AvgIpc) is 3.00. The number of nitrogens with two attached hydrogens (primary N) is 1. The summed E-state index contributed by atoms with van der Waals surface area (Å²) >= 11 is 1.59. The number of thiophene rings is 1. The lowest BCUT2D eigenvalue weighted by molar-refractivity contribution is 0.204. The summed E-state index contributed by atoms with van der Waals surface area (Å²) in [5, 5.41) is 3.98. The molecule has 0 fully saturated rings. The number of carbonyl (C=O) groups excluding carboxylic acids is 1. The van der Waals surface area contributed by atoms with E-state index < -0.39 is 0 Å². The van der Waals surface area contributed by atoms with Gasteiger partial charge in [-0.1, -0.05) is 30.3 Å². The third-order valence-corrected chi connectivity index (χ3v) is 3.82. The second-order valence-electron chi connectivity index (χ2n) is 4.39. The summed E-state index contributed by atoms with van der Waals surface area (Å²) in [6, 6.07) is 11.3. The lowest BCUT2D eigenvalue weighted by atomic mass is 10.1.